The Morgan fingerprint density at radius 3 is 2.76 bits per heavy atom. The molecule has 0 saturated heterocycles. The predicted octanol–water partition coefficient (Wildman–Crippen LogP) is 1.64. The summed E-state index contributed by atoms with van der Waals surface area (Å²) in [7, 11) is 0. The van der Waals surface area contributed by atoms with Gasteiger partial charge in [0.15, 0.2) is 0 Å². The number of carbonyl (C=O) groups is 1. The van der Waals surface area contributed by atoms with Gasteiger partial charge >= 0.3 is 0 Å². The highest BCUT2D eigenvalue weighted by molar-refractivity contribution is 5.81. The van der Waals surface area contributed by atoms with Gasteiger partial charge in [-0.3, -0.25) is 4.79 Å². The Labute approximate surface area is 103 Å². The Morgan fingerprint density at radius 2 is 2.12 bits per heavy atom. The number of nitrogens with two attached hydrogens (primary N) is 1. The van der Waals surface area contributed by atoms with Crippen molar-refractivity contribution < 1.29 is 4.79 Å². The van der Waals surface area contributed by atoms with E-state index < -0.39 is 6.04 Å². The summed E-state index contributed by atoms with van der Waals surface area (Å²) in [6.07, 6.45) is 4.05. The van der Waals surface area contributed by atoms with E-state index >= 15 is 0 Å². The van der Waals surface area contributed by atoms with Crippen LogP contribution in [-0.2, 0) is 11.2 Å². The summed E-state index contributed by atoms with van der Waals surface area (Å²) in [6, 6.07) is 9.62. The molecule has 0 saturated carbocycles. The summed E-state index contributed by atoms with van der Waals surface area (Å²) in [5.74, 6) is -0.0808. The maximum absolute atomic E-state index is 11.6. The average molecular weight is 232 g/mol. The first-order valence-corrected chi connectivity index (χ1v) is 5.92. The van der Waals surface area contributed by atoms with Crippen LogP contribution in [0.15, 0.2) is 43.0 Å². The highest BCUT2D eigenvalue weighted by atomic mass is 16.2. The van der Waals surface area contributed by atoms with Gasteiger partial charge < -0.3 is 11.1 Å². The van der Waals surface area contributed by atoms with E-state index in [1.54, 1.807) is 6.08 Å². The first kappa shape index (κ1) is 13.5. The number of rotatable bonds is 7. The lowest BCUT2D eigenvalue weighted by Gasteiger charge is -2.11. The first-order chi connectivity index (χ1) is 8.24. The van der Waals surface area contributed by atoms with Crippen molar-refractivity contribution >= 4 is 5.91 Å². The van der Waals surface area contributed by atoms with Crippen LogP contribution in [-0.4, -0.2) is 18.5 Å². The zero-order valence-electron chi connectivity index (χ0n) is 10.1. The van der Waals surface area contributed by atoms with Crippen molar-refractivity contribution in [3.8, 4) is 0 Å². The smallest absolute Gasteiger partial charge is 0.236 e. The highest BCUT2D eigenvalue weighted by Crippen LogP contribution is 2.03. The second-order valence-corrected chi connectivity index (χ2v) is 4.00. The van der Waals surface area contributed by atoms with Crippen LogP contribution in [0, 0.1) is 0 Å². The third kappa shape index (κ3) is 5.31. The molecule has 17 heavy (non-hydrogen) atoms. The Kier molecular flexibility index (Phi) is 6.04. The summed E-state index contributed by atoms with van der Waals surface area (Å²) in [4.78, 5) is 11.6. The molecule has 1 rings (SSSR count). The first-order valence-electron chi connectivity index (χ1n) is 5.92. The summed E-state index contributed by atoms with van der Waals surface area (Å²) >= 11 is 0. The molecule has 0 radical (unpaired) electrons. The highest BCUT2D eigenvalue weighted by Gasteiger charge is 2.11. The molecule has 3 N–H and O–H groups in total. The fourth-order valence-corrected chi connectivity index (χ4v) is 1.53. The van der Waals surface area contributed by atoms with E-state index in [0.717, 1.165) is 12.8 Å². The van der Waals surface area contributed by atoms with Gasteiger partial charge in [0.2, 0.25) is 5.91 Å². The molecule has 1 atom stereocenters. The molecule has 0 aromatic heterocycles. The summed E-state index contributed by atoms with van der Waals surface area (Å²) < 4.78 is 0. The molecule has 0 aliphatic carbocycles. The van der Waals surface area contributed by atoms with Gasteiger partial charge in [-0.2, -0.15) is 0 Å². The van der Waals surface area contributed by atoms with Crippen LogP contribution in [0.3, 0.4) is 0 Å². The normalized spacial score (nSPS) is 11.8. The molecular weight excluding hydrogens is 212 g/mol. The minimum Gasteiger partial charge on any atom is -0.354 e. The van der Waals surface area contributed by atoms with Crippen molar-refractivity contribution in [1.29, 1.82) is 0 Å². The van der Waals surface area contributed by atoms with E-state index in [4.69, 9.17) is 5.73 Å². The van der Waals surface area contributed by atoms with Crippen LogP contribution in [0.5, 0.6) is 0 Å². The molecule has 0 bridgehead atoms. The standard InChI is InChI=1S/C14H20N2O/c1-2-3-11-16-14(17)13(15)10-9-12-7-5-4-6-8-12/h2,4-8,13H,1,3,9-11,15H2,(H,16,17). The van der Waals surface area contributed by atoms with Crippen molar-refractivity contribution in [2.45, 2.75) is 25.3 Å². The van der Waals surface area contributed by atoms with Crippen molar-refractivity contribution in [3.05, 3.63) is 48.6 Å². The lowest BCUT2D eigenvalue weighted by Crippen LogP contribution is -2.41. The second kappa shape index (κ2) is 7.63. The lowest BCUT2D eigenvalue weighted by atomic mass is 10.1. The molecule has 1 aromatic carbocycles. The van der Waals surface area contributed by atoms with Gasteiger partial charge in [0.25, 0.3) is 0 Å². The summed E-state index contributed by atoms with van der Waals surface area (Å²) in [6.45, 7) is 4.21. The number of amides is 1. The van der Waals surface area contributed by atoms with Crippen LogP contribution in [0.2, 0.25) is 0 Å². The number of nitrogens with one attached hydrogen (secondary N) is 1. The van der Waals surface area contributed by atoms with E-state index in [1.165, 1.54) is 5.56 Å². The third-order valence-electron chi connectivity index (χ3n) is 2.57. The molecule has 0 spiro atoms. The van der Waals surface area contributed by atoms with Gasteiger partial charge in [-0.05, 0) is 24.8 Å². The zero-order chi connectivity index (χ0) is 12.5. The fraction of sp³-hybridized carbons (Fsp3) is 0.357. The van der Waals surface area contributed by atoms with Gasteiger partial charge in [0.05, 0.1) is 6.04 Å². The van der Waals surface area contributed by atoms with Gasteiger partial charge in [-0.1, -0.05) is 36.4 Å². The van der Waals surface area contributed by atoms with Gasteiger partial charge in [-0.15, -0.1) is 6.58 Å². The van der Waals surface area contributed by atoms with Crippen LogP contribution < -0.4 is 11.1 Å². The molecular formula is C14H20N2O. The second-order valence-electron chi connectivity index (χ2n) is 4.00. The number of hydrogen-bond donors (Lipinski definition) is 2. The SMILES string of the molecule is C=CCCNC(=O)C(N)CCc1ccccc1. The summed E-state index contributed by atoms with van der Waals surface area (Å²) in [5, 5.41) is 2.78. The Hall–Kier alpha value is -1.61. The number of hydrogen-bond acceptors (Lipinski definition) is 2. The van der Waals surface area contributed by atoms with Crippen molar-refractivity contribution in [2.75, 3.05) is 6.54 Å². The predicted molar refractivity (Wildman–Crippen MR) is 70.6 cm³/mol. The Bertz CT molecular complexity index is 348. The van der Waals surface area contributed by atoms with Gasteiger partial charge in [-0.25, -0.2) is 0 Å². The van der Waals surface area contributed by atoms with E-state index in [-0.39, 0.29) is 5.91 Å². The number of carbonyl (C=O) groups excluding carboxylic acids is 1. The molecule has 1 amide bonds. The van der Waals surface area contributed by atoms with E-state index in [2.05, 4.69) is 11.9 Å². The molecule has 0 aliphatic rings. The van der Waals surface area contributed by atoms with Crippen molar-refractivity contribution in [1.82, 2.24) is 5.32 Å². The Balaban J connectivity index is 2.26. The molecule has 3 nitrogen and oxygen atoms in total. The van der Waals surface area contributed by atoms with Crippen LogP contribution in [0.1, 0.15) is 18.4 Å². The minimum absolute atomic E-state index is 0.0808. The van der Waals surface area contributed by atoms with E-state index in [9.17, 15) is 4.79 Å². The van der Waals surface area contributed by atoms with Gasteiger partial charge in [0, 0.05) is 6.54 Å². The minimum atomic E-state index is -0.431. The molecule has 92 valence electrons. The number of aryl methyl sites for hydroxylation is 1. The van der Waals surface area contributed by atoms with Crippen LogP contribution >= 0.6 is 0 Å². The van der Waals surface area contributed by atoms with Gasteiger partial charge in [0.1, 0.15) is 0 Å². The zero-order valence-corrected chi connectivity index (χ0v) is 10.1. The fourth-order valence-electron chi connectivity index (χ4n) is 1.53. The maximum Gasteiger partial charge on any atom is 0.236 e. The van der Waals surface area contributed by atoms with Crippen molar-refractivity contribution in [2.24, 2.45) is 5.73 Å². The molecule has 0 fully saturated rings. The van der Waals surface area contributed by atoms with Crippen molar-refractivity contribution in [3.63, 3.8) is 0 Å². The lowest BCUT2D eigenvalue weighted by molar-refractivity contribution is -0.122. The average Bonchev–Trinajstić information content (AvgIpc) is 2.37. The molecule has 0 aliphatic heterocycles. The quantitative estimate of drug-likeness (QED) is 0.554. The van der Waals surface area contributed by atoms with Crippen LogP contribution in [0.25, 0.3) is 0 Å². The Morgan fingerprint density at radius 1 is 1.41 bits per heavy atom. The molecule has 1 unspecified atom stereocenters. The molecule has 0 heterocycles. The molecule has 3 heteroatoms. The van der Waals surface area contributed by atoms with E-state index in [1.807, 2.05) is 30.3 Å². The van der Waals surface area contributed by atoms with Crippen LogP contribution in [0.4, 0.5) is 0 Å². The summed E-state index contributed by atoms with van der Waals surface area (Å²) in [5.41, 5.74) is 7.02. The maximum atomic E-state index is 11.6. The van der Waals surface area contributed by atoms with E-state index in [0.29, 0.717) is 13.0 Å². The topological polar surface area (TPSA) is 55.1 Å². The monoisotopic (exact) mass is 232 g/mol. The molecule has 1 aromatic rings. The largest absolute Gasteiger partial charge is 0.354 e. The number of benzene rings is 1. The third-order valence-corrected chi connectivity index (χ3v) is 2.57.